The van der Waals surface area contributed by atoms with E-state index in [1.165, 1.54) is 0 Å². The number of aliphatic hydroxyl groups is 1. The fourth-order valence-corrected chi connectivity index (χ4v) is 4.59. The zero-order valence-electron chi connectivity index (χ0n) is 19.3. The molecule has 2 amide bonds. The largest absolute Gasteiger partial charge is 0.456 e. The Labute approximate surface area is 196 Å². The van der Waals surface area contributed by atoms with Crippen LogP contribution in [0.3, 0.4) is 0 Å². The minimum atomic E-state index is -0.577. The number of hydrogen-bond acceptors (Lipinski definition) is 5. The van der Waals surface area contributed by atoms with Crippen molar-refractivity contribution in [1.29, 1.82) is 0 Å². The SMILES string of the molecule is O=C(CC1CC=CCCCCC(=O)OC(c2ccccc2)CNC1=O)NC1(CO)CCCC1. The molecule has 1 aromatic rings. The summed E-state index contributed by atoms with van der Waals surface area (Å²) in [6, 6.07) is 9.37. The molecule has 3 rings (SSSR count). The molecule has 2 unspecified atom stereocenters. The van der Waals surface area contributed by atoms with Crippen molar-refractivity contribution >= 4 is 17.8 Å². The number of nitrogens with one attached hydrogen (secondary N) is 2. The lowest BCUT2D eigenvalue weighted by Gasteiger charge is -2.29. The number of allylic oxidation sites excluding steroid dienone is 2. The minimum absolute atomic E-state index is 0.0493. The molecule has 180 valence electrons. The van der Waals surface area contributed by atoms with Gasteiger partial charge in [-0.05, 0) is 44.1 Å². The highest BCUT2D eigenvalue weighted by atomic mass is 16.5. The van der Waals surface area contributed by atoms with Crippen LogP contribution in [-0.2, 0) is 19.1 Å². The highest BCUT2D eigenvalue weighted by Gasteiger charge is 2.35. The summed E-state index contributed by atoms with van der Waals surface area (Å²) in [4.78, 5) is 38.2. The van der Waals surface area contributed by atoms with E-state index in [2.05, 4.69) is 10.6 Å². The van der Waals surface area contributed by atoms with E-state index in [1.807, 2.05) is 42.5 Å². The first kappa shape index (κ1) is 25.0. The van der Waals surface area contributed by atoms with Gasteiger partial charge in [-0.25, -0.2) is 0 Å². The molecular formula is C26H36N2O5. The Hall–Kier alpha value is -2.67. The average molecular weight is 457 g/mol. The maximum Gasteiger partial charge on any atom is 0.306 e. The minimum Gasteiger partial charge on any atom is -0.456 e. The molecule has 2 atom stereocenters. The van der Waals surface area contributed by atoms with Crippen molar-refractivity contribution in [3.05, 3.63) is 48.0 Å². The van der Waals surface area contributed by atoms with Crippen LogP contribution in [0.25, 0.3) is 0 Å². The summed E-state index contributed by atoms with van der Waals surface area (Å²) >= 11 is 0. The lowest BCUT2D eigenvalue weighted by Crippen LogP contribution is -2.50. The predicted octanol–water partition coefficient (Wildman–Crippen LogP) is 3.34. The maximum atomic E-state index is 13.0. The number of hydrogen-bond donors (Lipinski definition) is 3. The topological polar surface area (TPSA) is 105 Å². The predicted molar refractivity (Wildman–Crippen MR) is 125 cm³/mol. The van der Waals surface area contributed by atoms with Gasteiger partial charge in [0, 0.05) is 12.8 Å². The molecular weight excluding hydrogens is 420 g/mol. The third kappa shape index (κ3) is 7.70. The van der Waals surface area contributed by atoms with E-state index in [9.17, 15) is 19.5 Å². The van der Waals surface area contributed by atoms with Crippen LogP contribution in [0.1, 0.15) is 75.9 Å². The van der Waals surface area contributed by atoms with Crippen molar-refractivity contribution in [3.8, 4) is 0 Å². The number of benzene rings is 1. The fourth-order valence-electron chi connectivity index (χ4n) is 4.59. The first-order valence-electron chi connectivity index (χ1n) is 12.1. The summed E-state index contributed by atoms with van der Waals surface area (Å²) in [5.41, 5.74) is 0.260. The number of cyclic esters (lactones) is 1. The lowest BCUT2D eigenvalue weighted by molar-refractivity contribution is -0.150. The van der Waals surface area contributed by atoms with Gasteiger partial charge < -0.3 is 20.5 Å². The first-order valence-corrected chi connectivity index (χ1v) is 12.1. The van der Waals surface area contributed by atoms with Crippen molar-refractivity contribution in [2.75, 3.05) is 13.2 Å². The van der Waals surface area contributed by atoms with E-state index in [4.69, 9.17) is 4.74 Å². The second kappa shape index (κ2) is 12.5. The molecule has 0 aromatic heterocycles. The number of esters is 1. The molecule has 1 aliphatic carbocycles. The van der Waals surface area contributed by atoms with Crippen LogP contribution in [0.4, 0.5) is 0 Å². The Morgan fingerprint density at radius 3 is 2.58 bits per heavy atom. The van der Waals surface area contributed by atoms with E-state index in [1.54, 1.807) is 0 Å². The fraction of sp³-hybridized carbons (Fsp3) is 0.577. The Bertz CT molecular complexity index is 817. The summed E-state index contributed by atoms with van der Waals surface area (Å²) in [5, 5.41) is 15.7. The molecule has 0 saturated heterocycles. The molecule has 2 aliphatic rings. The Morgan fingerprint density at radius 1 is 1.09 bits per heavy atom. The Kier molecular flexibility index (Phi) is 9.48. The number of aliphatic hydroxyl groups excluding tert-OH is 1. The summed E-state index contributed by atoms with van der Waals surface area (Å²) in [7, 11) is 0. The van der Waals surface area contributed by atoms with E-state index in [-0.39, 0.29) is 37.4 Å². The van der Waals surface area contributed by atoms with Gasteiger partial charge in [-0.15, -0.1) is 0 Å². The van der Waals surface area contributed by atoms with Gasteiger partial charge in [0.2, 0.25) is 11.8 Å². The van der Waals surface area contributed by atoms with Gasteiger partial charge in [-0.1, -0.05) is 55.3 Å². The van der Waals surface area contributed by atoms with Crippen LogP contribution in [0.5, 0.6) is 0 Å². The normalized spacial score (nSPS) is 24.4. The standard InChI is InChI=1S/C26H36N2O5/c29-19-26(15-9-10-16-26)28-23(30)17-21-13-5-2-1-3-8-14-24(31)33-22(18-27-25(21)32)20-11-6-4-7-12-20/h2,4-7,11-12,21-22,29H,1,3,8-10,13-19H2,(H,27,32)(H,28,30). The van der Waals surface area contributed by atoms with Gasteiger partial charge >= 0.3 is 5.97 Å². The zero-order valence-corrected chi connectivity index (χ0v) is 19.3. The highest BCUT2D eigenvalue weighted by molar-refractivity contribution is 5.86. The molecule has 0 bridgehead atoms. The van der Waals surface area contributed by atoms with Gasteiger partial charge in [-0.3, -0.25) is 14.4 Å². The van der Waals surface area contributed by atoms with Crippen molar-refractivity contribution in [2.45, 2.75) is 75.9 Å². The molecule has 7 nitrogen and oxygen atoms in total. The highest BCUT2D eigenvalue weighted by Crippen LogP contribution is 2.29. The Morgan fingerprint density at radius 2 is 1.85 bits per heavy atom. The number of amides is 2. The van der Waals surface area contributed by atoms with Crippen molar-refractivity contribution < 1.29 is 24.2 Å². The first-order chi connectivity index (χ1) is 16.0. The van der Waals surface area contributed by atoms with Gasteiger partial charge in [0.05, 0.1) is 24.6 Å². The second-order valence-electron chi connectivity index (χ2n) is 9.18. The number of ether oxygens (including phenoxy) is 1. The zero-order chi connectivity index (χ0) is 23.5. The van der Waals surface area contributed by atoms with E-state index in [0.29, 0.717) is 12.8 Å². The van der Waals surface area contributed by atoms with Crippen LogP contribution >= 0.6 is 0 Å². The third-order valence-corrected chi connectivity index (χ3v) is 6.57. The number of carbonyl (C=O) groups is 3. The van der Waals surface area contributed by atoms with Crippen molar-refractivity contribution in [3.63, 3.8) is 0 Å². The summed E-state index contributed by atoms with van der Waals surface area (Å²) < 4.78 is 5.68. The van der Waals surface area contributed by atoms with Crippen LogP contribution in [0, 0.1) is 5.92 Å². The monoisotopic (exact) mass is 456 g/mol. The summed E-state index contributed by atoms with van der Waals surface area (Å²) in [6.45, 7) is 0.0661. The third-order valence-electron chi connectivity index (χ3n) is 6.57. The van der Waals surface area contributed by atoms with Crippen LogP contribution < -0.4 is 10.6 Å². The smallest absolute Gasteiger partial charge is 0.306 e. The van der Waals surface area contributed by atoms with Crippen molar-refractivity contribution in [2.24, 2.45) is 5.92 Å². The van der Waals surface area contributed by atoms with Gasteiger partial charge in [0.1, 0.15) is 6.10 Å². The molecule has 33 heavy (non-hydrogen) atoms. The Balaban J connectivity index is 1.69. The molecule has 7 heteroatoms. The maximum absolute atomic E-state index is 13.0. The summed E-state index contributed by atoms with van der Waals surface area (Å²) in [5.74, 6) is -1.27. The van der Waals surface area contributed by atoms with Crippen LogP contribution in [-0.4, -0.2) is 41.6 Å². The molecule has 1 fully saturated rings. The van der Waals surface area contributed by atoms with E-state index in [0.717, 1.165) is 50.5 Å². The number of rotatable bonds is 5. The van der Waals surface area contributed by atoms with Gasteiger partial charge in [0.15, 0.2) is 0 Å². The molecule has 1 saturated carbocycles. The molecule has 0 spiro atoms. The van der Waals surface area contributed by atoms with Crippen LogP contribution in [0.15, 0.2) is 42.5 Å². The van der Waals surface area contributed by atoms with Crippen molar-refractivity contribution in [1.82, 2.24) is 10.6 Å². The summed E-state index contributed by atoms with van der Waals surface area (Å²) in [6.07, 6.45) is 10.1. The molecule has 1 heterocycles. The average Bonchev–Trinajstić information content (AvgIpc) is 3.29. The number of carbonyl (C=O) groups excluding carboxylic acids is 3. The molecule has 0 radical (unpaired) electrons. The second-order valence-corrected chi connectivity index (χ2v) is 9.18. The molecule has 1 aliphatic heterocycles. The quantitative estimate of drug-likeness (QED) is 0.466. The lowest BCUT2D eigenvalue weighted by atomic mass is 9.95. The molecule has 3 N–H and O–H groups in total. The van der Waals surface area contributed by atoms with Gasteiger partial charge in [0.25, 0.3) is 0 Å². The van der Waals surface area contributed by atoms with Gasteiger partial charge in [-0.2, -0.15) is 0 Å². The van der Waals surface area contributed by atoms with Crippen LogP contribution in [0.2, 0.25) is 0 Å². The molecule has 1 aromatic carbocycles. The van der Waals surface area contributed by atoms with E-state index >= 15 is 0 Å². The van der Waals surface area contributed by atoms with E-state index < -0.39 is 17.6 Å².